The van der Waals surface area contributed by atoms with Crippen LogP contribution in [0.2, 0.25) is 0 Å². The topological polar surface area (TPSA) is 81.8 Å². The van der Waals surface area contributed by atoms with Gasteiger partial charge in [0.05, 0.1) is 0 Å². The second kappa shape index (κ2) is 5.79. The predicted molar refractivity (Wildman–Crippen MR) is 82.9 cm³/mol. The van der Waals surface area contributed by atoms with Crippen LogP contribution in [0.3, 0.4) is 0 Å². The summed E-state index contributed by atoms with van der Waals surface area (Å²) >= 11 is 0. The molecule has 1 aromatic carbocycles. The first kappa shape index (κ1) is 14.6. The number of carbonyl (C=O) groups excluding carboxylic acids is 1. The van der Waals surface area contributed by atoms with Crippen LogP contribution in [0, 0.1) is 6.92 Å². The zero-order valence-electron chi connectivity index (χ0n) is 12.8. The summed E-state index contributed by atoms with van der Waals surface area (Å²) in [7, 11) is 0. The molecule has 1 aliphatic rings. The van der Waals surface area contributed by atoms with E-state index in [1.165, 1.54) is 11.1 Å². The van der Waals surface area contributed by atoms with Crippen molar-refractivity contribution in [3.05, 3.63) is 51.7 Å². The minimum atomic E-state index is -0.453. The van der Waals surface area contributed by atoms with Gasteiger partial charge in [-0.1, -0.05) is 36.8 Å². The predicted octanol–water partition coefficient (Wildman–Crippen LogP) is 1.81. The minimum absolute atomic E-state index is 0.0907. The first-order valence-electron chi connectivity index (χ1n) is 7.62. The van der Waals surface area contributed by atoms with E-state index in [-0.39, 0.29) is 17.8 Å². The van der Waals surface area contributed by atoms with Crippen molar-refractivity contribution in [1.82, 2.24) is 20.1 Å². The van der Waals surface area contributed by atoms with Crippen molar-refractivity contribution in [3.63, 3.8) is 0 Å². The molecule has 0 radical (unpaired) electrons. The Labute approximate surface area is 128 Å². The lowest BCUT2D eigenvalue weighted by Gasteiger charge is -2.26. The fourth-order valence-corrected chi connectivity index (χ4v) is 3.32. The van der Waals surface area contributed by atoms with Crippen LogP contribution in [0.5, 0.6) is 0 Å². The molecule has 1 aromatic heterocycles. The lowest BCUT2D eigenvalue weighted by molar-refractivity contribution is 0.0715. The fourth-order valence-electron chi connectivity index (χ4n) is 3.32. The zero-order valence-corrected chi connectivity index (χ0v) is 12.8. The van der Waals surface area contributed by atoms with Gasteiger partial charge in [0.25, 0.3) is 5.91 Å². The van der Waals surface area contributed by atoms with Crippen LogP contribution < -0.4 is 5.69 Å². The van der Waals surface area contributed by atoms with Crippen LogP contribution in [0.15, 0.2) is 29.1 Å². The maximum atomic E-state index is 12.5. The number of nitrogens with zero attached hydrogens (tertiary/aromatic N) is 2. The first-order chi connectivity index (χ1) is 10.6. The molecule has 1 aliphatic heterocycles. The molecule has 1 amide bonds. The van der Waals surface area contributed by atoms with E-state index in [1.807, 2.05) is 4.90 Å². The van der Waals surface area contributed by atoms with Crippen LogP contribution in [0.25, 0.3) is 0 Å². The Morgan fingerprint density at radius 3 is 2.68 bits per heavy atom. The molecule has 1 fully saturated rings. The maximum absolute atomic E-state index is 12.5. The van der Waals surface area contributed by atoms with E-state index in [0.717, 1.165) is 12.8 Å². The lowest BCUT2D eigenvalue weighted by atomic mass is 9.90. The normalized spacial score (nSPS) is 21.3. The number of hydrogen-bond donors (Lipinski definition) is 2. The molecular formula is C16H20N4O2. The number of rotatable bonds is 3. The molecule has 6 heteroatoms. The summed E-state index contributed by atoms with van der Waals surface area (Å²) in [6, 6.07) is 8.64. The highest BCUT2D eigenvalue weighted by atomic mass is 16.2. The summed E-state index contributed by atoms with van der Waals surface area (Å²) in [6.07, 6.45) is 1.81. The standard InChI is InChI=1S/C16H20N4O2/c1-3-13-12(11-6-4-10(2)5-7-11)8-9-20(13)15(21)14-17-16(22)19-18-14/h4-7,12-13H,3,8-9H2,1-2H3,(H2,17,18,19,22). The van der Waals surface area contributed by atoms with E-state index in [0.29, 0.717) is 12.5 Å². The molecule has 22 heavy (non-hydrogen) atoms. The monoisotopic (exact) mass is 300 g/mol. The SMILES string of the molecule is CCC1C(c2ccc(C)cc2)CCN1C(=O)c1n[nH]c(=O)[nH]1. The molecule has 0 spiro atoms. The lowest BCUT2D eigenvalue weighted by Crippen LogP contribution is -2.37. The van der Waals surface area contributed by atoms with Gasteiger partial charge in [-0.15, -0.1) is 5.10 Å². The molecule has 2 unspecified atom stereocenters. The molecule has 2 N–H and O–H groups in total. The number of benzene rings is 1. The van der Waals surface area contributed by atoms with Crippen molar-refractivity contribution in [3.8, 4) is 0 Å². The largest absolute Gasteiger partial charge is 0.341 e. The summed E-state index contributed by atoms with van der Waals surface area (Å²) in [5, 5.41) is 6.00. The van der Waals surface area contributed by atoms with E-state index in [4.69, 9.17) is 0 Å². The van der Waals surface area contributed by atoms with Crippen LogP contribution in [-0.4, -0.2) is 38.6 Å². The average molecular weight is 300 g/mol. The molecule has 1 saturated heterocycles. The van der Waals surface area contributed by atoms with Crippen LogP contribution >= 0.6 is 0 Å². The smallest absolute Gasteiger partial charge is 0.332 e. The maximum Gasteiger partial charge on any atom is 0.341 e. The van der Waals surface area contributed by atoms with Gasteiger partial charge in [-0.2, -0.15) is 0 Å². The van der Waals surface area contributed by atoms with Crippen molar-refractivity contribution >= 4 is 5.91 Å². The van der Waals surface area contributed by atoms with Crippen molar-refractivity contribution in [2.75, 3.05) is 6.54 Å². The Bertz CT molecular complexity index is 716. The Balaban J connectivity index is 1.84. The van der Waals surface area contributed by atoms with Gasteiger partial charge >= 0.3 is 5.69 Å². The molecule has 3 rings (SSSR count). The third-order valence-electron chi connectivity index (χ3n) is 4.43. The first-order valence-corrected chi connectivity index (χ1v) is 7.62. The zero-order chi connectivity index (χ0) is 15.7. The van der Waals surface area contributed by atoms with Gasteiger partial charge in [0.2, 0.25) is 5.82 Å². The summed E-state index contributed by atoms with van der Waals surface area (Å²) in [5.41, 5.74) is 2.05. The summed E-state index contributed by atoms with van der Waals surface area (Å²) in [5.74, 6) is 0.216. The molecule has 2 atom stereocenters. The highest BCUT2D eigenvalue weighted by Crippen LogP contribution is 2.35. The number of nitrogens with one attached hydrogen (secondary N) is 2. The van der Waals surface area contributed by atoms with Crippen molar-refractivity contribution in [2.24, 2.45) is 0 Å². The molecular weight excluding hydrogens is 280 g/mol. The van der Waals surface area contributed by atoms with Gasteiger partial charge in [0.1, 0.15) is 0 Å². The van der Waals surface area contributed by atoms with Crippen LogP contribution in [0.1, 0.15) is 47.4 Å². The van der Waals surface area contributed by atoms with E-state index in [2.05, 4.69) is 53.3 Å². The van der Waals surface area contributed by atoms with Gasteiger partial charge in [0, 0.05) is 18.5 Å². The van der Waals surface area contributed by atoms with E-state index in [9.17, 15) is 9.59 Å². The number of carbonyl (C=O) groups is 1. The molecule has 0 saturated carbocycles. The number of amides is 1. The van der Waals surface area contributed by atoms with Crippen molar-refractivity contribution in [1.29, 1.82) is 0 Å². The summed E-state index contributed by atoms with van der Waals surface area (Å²) in [6.45, 7) is 4.84. The van der Waals surface area contributed by atoms with Crippen molar-refractivity contribution < 1.29 is 4.79 Å². The Kier molecular flexibility index (Phi) is 3.83. The van der Waals surface area contributed by atoms with Crippen LogP contribution in [0.4, 0.5) is 0 Å². The highest BCUT2D eigenvalue weighted by Gasteiger charge is 2.37. The summed E-state index contributed by atoms with van der Waals surface area (Å²) in [4.78, 5) is 27.9. The Morgan fingerprint density at radius 2 is 2.09 bits per heavy atom. The average Bonchev–Trinajstić information content (AvgIpc) is 3.13. The van der Waals surface area contributed by atoms with Gasteiger partial charge < -0.3 is 4.90 Å². The van der Waals surface area contributed by atoms with Gasteiger partial charge in [-0.05, 0) is 25.3 Å². The van der Waals surface area contributed by atoms with E-state index >= 15 is 0 Å². The van der Waals surface area contributed by atoms with Gasteiger partial charge in [0.15, 0.2) is 0 Å². The van der Waals surface area contributed by atoms with Gasteiger partial charge in [-0.3, -0.25) is 9.78 Å². The quantitative estimate of drug-likeness (QED) is 0.907. The Hall–Kier alpha value is -2.37. The second-order valence-electron chi connectivity index (χ2n) is 5.81. The number of likely N-dealkylation sites (tertiary alicyclic amines) is 1. The fraction of sp³-hybridized carbons (Fsp3) is 0.438. The number of aromatic nitrogens is 3. The summed E-state index contributed by atoms with van der Waals surface area (Å²) < 4.78 is 0. The van der Waals surface area contributed by atoms with Crippen molar-refractivity contribution in [2.45, 2.75) is 38.6 Å². The number of H-pyrrole nitrogens is 2. The molecule has 2 heterocycles. The number of hydrogen-bond acceptors (Lipinski definition) is 3. The van der Waals surface area contributed by atoms with Gasteiger partial charge in [-0.25, -0.2) is 9.89 Å². The molecule has 116 valence electrons. The van der Waals surface area contributed by atoms with Crippen LogP contribution in [-0.2, 0) is 0 Å². The Morgan fingerprint density at radius 1 is 1.36 bits per heavy atom. The molecule has 6 nitrogen and oxygen atoms in total. The molecule has 0 bridgehead atoms. The second-order valence-corrected chi connectivity index (χ2v) is 5.81. The number of aryl methyl sites for hydroxylation is 1. The highest BCUT2D eigenvalue weighted by molar-refractivity contribution is 5.90. The van der Waals surface area contributed by atoms with E-state index in [1.54, 1.807) is 0 Å². The third kappa shape index (κ3) is 2.56. The van der Waals surface area contributed by atoms with E-state index < -0.39 is 5.69 Å². The third-order valence-corrected chi connectivity index (χ3v) is 4.43. The molecule has 2 aromatic rings. The number of aromatic amines is 2. The minimum Gasteiger partial charge on any atom is -0.332 e. The molecule has 0 aliphatic carbocycles.